The first-order valence-electron chi connectivity index (χ1n) is 10.7. The van der Waals surface area contributed by atoms with Crippen molar-refractivity contribution in [3.05, 3.63) is 30.1 Å². The van der Waals surface area contributed by atoms with Gasteiger partial charge in [-0.05, 0) is 49.4 Å². The average Bonchev–Trinajstić information content (AvgIpc) is 3.00. The predicted octanol–water partition coefficient (Wildman–Crippen LogP) is 2.14. The molecule has 1 aliphatic heterocycles. The molecule has 30 heavy (non-hydrogen) atoms. The SMILES string of the molecule is O=C(CC1CCCCC1)NCC(=O)N1CCCN(S(=O)(=O)c2ccc(F)cc2)CC1. The Hall–Kier alpha value is -2.00. The summed E-state index contributed by atoms with van der Waals surface area (Å²) in [6, 6.07) is 4.74. The summed E-state index contributed by atoms with van der Waals surface area (Å²) in [5.74, 6) is -0.372. The van der Waals surface area contributed by atoms with Gasteiger partial charge in [-0.15, -0.1) is 0 Å². The standard InChI is InChI=1S/C21H30FN3O4S/c22-18-7-9-19(10-8-18)30(28,29)25-12-4-11-24(13-14-25)21(27)16-23-20(26)15-17-5-2-1-3-6-17/h7-10,17H,1-6,11-16H2,(H,23,26). The molecule has 1 heterocycles. The van der Waals surface area contributed by atoms with Crippen molar-refractivity contribution in [3.8, 4) is 0 Å². The molecule has 1 aromatic rings. The summed E-state index contributed by atoms with van der Waals surface area (Å²) in [7, 11) is -3.73. The molecule has 1 saturated heterocycles. The number of rotatable bonds is 6. The van der Waals surface area contributed by atoms with Crippen LogP contribution in [-0.2, 0) is 19.6 Å². The fourth-order valence-corrected chi connectivity index (χ4v) is 5.62. The molecule has 3 rings (SSSR count). The molecule has 0 aromatic heterocycles. The molecule has 1 saturated carbocycles. The Labute approximate surface area is 177 Å². The van der Waals surface area contributed by atoms with Crippen LogP contribution in [0.5, 0.6) is 0 Å². The molecular formula is C21H30FN3O4S. The highest BCUT2D eigenvalue weighted by Crippen LogP contribution is 2.26. The van der Waals surface area contributed by atoms with Crippen LogP contribution < -0.4 is 5.32 Å². The van der Waals surface area contributed by atoms with Gasteiger partial charge in [-0.3, -0.25) is 9.59 Å². The summed E-state index contributed by atoms with van der Waals surface area (Å²) in [5, 5.41) is 2.72. The smallest absolute Gasteiger partial charge is 0.243 e. The van der Waals surface area contributed by atoms with Crippen LogP contribution in [0.2, 0.25) is 0 Å². The Kier molecular flexibility index (Phi) is 7.82. The second-order valence-electron chi connectivity index (χ2n) is 8.08. The first-order chi connectivity index (χ1) is 14.4. The molecule has 9 heteroatoms. The Morgan fingerprint density at radius 2 is 1.67 bits per heavy atom. The van der Waals surface area contributed by atoms with Crippen molar-refractivity contribution in [1.29, 1.82) is 0 Å². The lowest BCUT2D eigenvalue weighted by Gasteiger charge is -2.23. The lowest BCUT2D eigenvalue weighted by Crippen LogP contribution is -2.42. The molecule has 2 aliphatic rings. The van der Waals surface area contributed by atoms with Crippen LogP contribution in [0.1, 0.15) is 44.9 Å². The van der Waals surface area contributed by atoms with E-state index >= 15 is 0 Å². The summed E-state index contributed by atoms with van der Waals surface area (Å²) >= 11 is 0. The highest BCUT2D eigenvalue weighted by molar-refractivity contribution is 7.89. The van der Waals surface area contributed by atoms with Crippen molar-refractivity contribution in [1.82, 2.24) is 14.5 Å². The van der Waals surface area contributed by atoms with Gasteiger partial charge in [-0.1, -0.05) is 19.3 Å². The highest BCUT2D eigenvalue weighted by Gasteiger charge is 2.28. The predicted molar refractivity (Wildman–Crippen MR) is 111 cm³/mol. The van der Waals surface area contributed by atoms with Crippen LogP contribution in [0.15, 0.2) is 29.2 Å². The topological polar surface area (TPSA) is 86.8 Å². The summed E-state index contributed by atoms with van der Waals surface area (Å²) in [6.45, 7) is 1.10. The molecule has 0 unspecified atom stereocenters. The minimum absolute atomic E-state index is 0.0404. The molecule has 0 radical (unpaired) electrons. The Bertz CT molecular complexity index is 838. The lowest BCUT2D eigenvalue weighted by atomic mass is 9.87. The third-order valence-corrected chi connectivity index (χ3v) is 7.81. The molecule has 1 aromatic carbocycles. The van der Waals surface area contributed by atoms with Crippen LogP contribution in [0.25, 0.3) is 0 Å². The zero-order chi connectivity index (χ0) is 21.6. The van der Waals surface area contributed by atoms with Crippen molar-refractivity contribution >= 4 is 21.8 Å². The minimum Gasteiger partial charge on any atom is -0.347 e. The Morgan fingerprint density at radius 1 is 0.967 bits per heavy atom. The number of benzene rings is 1. The molecule has 0 atom stereocenters. The molecule has 0 bridgehead atoms. The maximum atomic E-state index is 13.1. The molecule has 1 aliphatic carbocycles. The van der Waals surface area contributed by atoms with Gasteiger partial charge in [-0.2, -0.15) is 4.31 Å². The zero-order valence-corrected chi connectivity index (χ0v) is 18.0. The molecule has 166 valence electrons. The van der Waals surface area contributed by atoms with Crippen LogP contribution in [-0.4, -0.2) is 62.2 Å². The van der Waals surface area contributed by atoms with E-state index in [2.05, 4.69) is 5.32 Å². The second kappa shape index (κ2) is 10.3. The highest BCUT2D eigenvalue weighted by atomic mass is 32.2. The van der Waals surface area contributed by atoms with Crippen molar-refractivity contribution in [2.45, 2.75) is 49.8 Å². The third kappa shape index (κ3) is 6.01. The maximum absolute atomic E-state index is 13.1. The number of hydrogen-bond donors (Lipinski definition) is 1. The number of carbonyl (C=O) groups is 2. The van der Waals surface area contributed by atoms with Gasteiger partial charge in [0, 0.05) is 32.6 Å². The van der Waals surface area contributed by atoms with Crippen LogP contribution in [0, 0.1) is 11.7 Å². The van der Waals surface area contributed by atoms with E-state index in [-0.39, 0.29) is 42.9 Å². The van der Waals surface area contributed by atoms with E-state index in [1.165, 1.54) is 35.7 Å². The lowest BCUT2D eigenvalue weighted by molar-refractivity contribution is -0.133. The summed E-state index contributed by atoms with van der Waals surface area (Å²) in [5.41, 5.74) is 0. The van der Waals surface area contributed by atoms with E-state index in [0.717, 1.165) is 25.0 Å². The molecule has 1 N–H and O–H groups in total. The fourth-order valence-electron chi connectivity index (χ4n) is 4.15. The molecule has 0 spiro atoms. The van der Waals surface area contributed by atoms with E-state index in [1.54, 1.807) is 4.90 Å². The van der Waals surface area contributed by atoms with Gasteiger partial charge in [0.25, 0.3) is 0 Å². The minimum atomic E-state index is -3.73. The number of nitrogens with one attached hydrogen (secondary N) is 1. The number of amides is 2. The summed E-state index contributed by atoms with van der Waals surface area (Å²) in [4.78, 5) is 26.3. The van der Waals surface area contributed by atoms with Gasteiger partial charge in [0.2, 0.25) is 21.8 Å². The number of nitrogens with zero attached hydrogens (tertiary/aromatic N) is 2. The first-order valence-corrected chi connectivity index (χ1v) is 12.1. The van der Waals surface area contributed by atoms with Gasteiger partial charge in [0.05, 0.1) is 11.4 Å². The largest absolute Gasteiger partial charge is 0.347 e. The normalized spacial score (nSPS) is 19.3. The summed E-state index contributed by atoms with van der Waals surface area (Å²) in [6.07, 6.45) is 6.69. The van der Waals surface area contributed by atoms with E-state index in [9.17, 15) is 22.4 Å². The van der Waals surface area contributed by atoms with E-state index in [4.69, 9.17) is 0 Å². The molecular weight excluding hydrogens is 409 g/mol. The average molecular weight is 440 g/mol. The zero-order valence-electron chi connectivity index (χ0n) is 17.2. The Morgan fingerprint density at radius 3 is 2.37 bits per heavy atom. The number of carbonyl (C=O) groups excluding carboxylic acids is 2. The molecule has 2 amide bonds. The van der Waals surface area contributed by atoms with Crippen molar-refractivity contribution in [2.24, 2.45) is 5.92 Å². The van der Waals surface area contributed by atoms with E-state index in [0.29, 0.717) is 25.3 Å². The molecule has 7 nitrogen and oxygen atoms in total. The van der Waals surface area contributed by atoms with Crippen LogP contribution in [0.4, 0.5) is 4.39 Å². The van der Waals surface area contributed by atoms with Crippen molar-refractivity contribution in [2.75, 3.05) is 32.7 Å². The summed E-state index contributed by atoms with van der Waals surface area (Å²) < 4.78 is 40.0. The van der Waals surface area contributed by atoms with Crippen molar-refractivity contribution in [3.63, 3.8) is 0 Å². The maximum Gasteiger partial charge on any atom is 0.243 e. The van der Waals surface area contributed by atoms with Gasteiger partial charge < -0.3 is 10.2 Å². The Balaban J connectivity index is 1.48. The third-order valence-electron chi connectivity index (χ3n) is 5.89. The van der Waals surface area contributed by atoms with Crippen LogP contribution in [0.3, 0.4) is 0 Å². The quantitative estimate of drug-likeness (QED) is 0.736. The monoisotopic (exact) mass is 439 g/mol. The van der Waals surface area contributed by atoms with Gasteiger partial charge in [0.1, 0.15) is 5.82 Å². The van der Waals surface area contributed by atoms with E-state index < -0.39 is 15.8 Å². The van der Waals surface area contributed by atoms with E-state index in [1.807, 2.05) is 0 Å². The number of hydrogen-bond acceptors (Lipinski definition) is 4. The van der Waals surface area contributed by atoms with Gasteiger partial charge >= 0.3 is 0 Å². The number of halogens is 1. The first kappa shape index (κ1) is 22.7. The molecule has 2 fully saturated rings. The fraction of sp³-hybridized carbons (Fsp3) is 0.619. The van der Waals surface area contributed by atoms with Gasteiger partial charge in [-0.25, -0.2) is 12.8 Å². The van der Waals surface area contributed by atoms with Crippen molar-refractivity contribution < 1.29 is 22.4 Å². The number of sulfonamides is 1. The second-order valence-corrected chi connectivity index (χ2v) is 10.0. The van der Waals surface area contributed by atoms with Gasteiger partial charge in [0.15, 0.2) is 0 Å². The van der Waals surface area contributed by atoms with Crippen LogP contribution >= 0.6 is 0 Å².